The summed E-state index contributed by atoms with van der Waals surface area (Å²) in [5.41, 5.74) is 2.52. The first-order valence-corrected chi connectivity index (χ1v) is 7.33. The van der Waals surface area contributed by atoms with Gasteiger partial charge in [-0.2, -0.15) is 0 Å². The number of hydrogen-bond acceptors (Lipinski definition) is 3. The Morgan fingerprint density at radius 2 is 1.68 bits per heavy atom. The van der Waals surface area contributed by atoms with Crippen molar-refractivity contribution in [1.29, 1.82) is 0 Å². The highest BCUT2D eigenvalue weighted by molar-refractivity contribution is 6.42. The van der Waals surface area contributed by atoms with Crippen LogP contribution in [0.25, 0.3) is 33.9 Å². The predicted molar refractivity (Wildman–Crippen MR) is 87.0 cm³/mol. The second kappa shape index (κ2) is 5.16. The van der Waals surface area contributed by atoms with Gasteiger partial charge in [0.15, 0.2) is 0 Å². The van der Waals surface area contributed by atoms with Crippen LogP contribution in [-0.4, -0.2) is 15.2 Å². The van der Waals surface area contributed by atoms with Crippen LogP contribution in [0.3, 0.4) is 0 Å². The fraction of sp³-hybridized carbons (Fsp3) is 0. The zero-order chi connectivity index (χ0) is 15.1. The summed E-state index contributed by atoms with van der Waals surface area (Å²) in [6.07, 6.45) is 0. The van der Waals surface area contributed by atoms with E-state index in [-0.39, 0.29) is 0 Å². The van der Waals surface area contributed by atoms with Gasteiger partial charge in [0.2, 0.25) is 5.89 Å². The van der Waals surface area contributed by atoms with Gasteiger partial charge in [0, 0.05) is 16.5 Å². The quantitative estimate of drug-likeness (QED) is 0.550. The van der Waals surface area contributed by atoms with Gasteiger partial charge in [-0.25, -0.2) is 0 Å². The van der Waals surface area contributed by atoms with Gasteiger partial charge in [-0.15, -0.1) is 10.2 Å². The summed E-state index contributed by atoms with van der Waals surface area (Å²) >= 11 is 11.9. The molecular weight excluding hydrogens is 321 g/mol. The molecule has 0 saturated carbocycles. The summed E-state index contributed by atoms with van der Waals surface area (Å²) in [7, 11) is 0. The number of nitrogens with one attached hydrogen (secondary N) is 1. The topological polar surface area (TPSA) is 54.7 Å². The smallest absolute Gasteiger partial charge is 0.264 e. The minimum atomic E-state index is 0.396. The van der Waals surface area contributed by atoms with E-state index in [9.17, 15) is 0 Å². The summed E-state index contributed by atoms with van der Waals surface area (Å²) in [6.45, 7) is 0. The van der Waals surface area contributed by atoms with Crippen LogP contribution in [0.4, 0.5) is 0 Å². The SMILES string of the molecule is Clc1ccc(-c2nnc(-c3cc4ccccc4[nH]3)o2)cc1Cl. The standard InChI is InChI=1S/C16H9Cl2N3O/c17-11-6-5-10(7-12(11)18)15-20-21-16(22-15)14-8-9-3-1-2-4-13(9)19-14/h1-8,19H. The average Bonchev–Trinajstić information content (AvgIpc) is 3.15. The van der Waals surface area contributed by atoms with Gasteiger partial charge in [-0.3, -0.25) is 0 Å². The highest BCUT2D eigenvalue weighted by atomic mass is 35.5. The van der Waals surface area contributed by atoms with Crippen molar-refractivity contribution in [1.82, 2.24) is 15.2 Å². The highest BCUT2D eigenvalue weighted by Gasteiger charge is 2.13. The van der Waals surface area contributed by atoms with Gasteiger partial charge >= 0.3 is 0 Å². The number of hydrogen-bond donors (Lipinski definition) is 1. The molecule has 1 N–H and O–H groups in total. The third kappa shape index (κ3) is 2.26. The second-order valence-corrected chi connectivity index (χ2v) is 5.63. The molecule has 4 aromatic rings. The lowest BCUT2D eigenvalue weighted by atomic mass is 10.2. The Hall–Kier alpha value is -2.30. The summed E-state index contributed by atoms with van der Waals surface area (Å²) in [5.74, 6) is 0.824. The third-order valence-corrected chi connectivity index (χ3v) is 4.09. The van der Waals surface area contributed by atoms with Crippen molar-refractivity contribution >= 4 is 34.1 Å². The number of fused-ring (bicyclic) bond motifs is 1. The van der Waals surface area contributed by atoms with Crippen LogP contribution in [0.15, 0.2) is 52.9 Å². The molecule has 0 spiro atoms. The first-order chi connectivity index (χ1) is 10.7. The lowest BCUT2D eigenvalue weighted by Gasteiger charge is -1.97. The van der Waals surface area contributed by atoms with Gasteiger partial charge in [-0.1, -0.05) is 41.4 Å². The Morgan fingerprint density at radius 3 is 2.50 bits per heavy atom. The zero-order valence-electron chi connectivity index (χ0n) is 11.2. The number of H-pyrrole nitrogens is 1. The first-order valence-electron chi connectivity index (χ1n) is 6.58. The van der Waals surface area contributed by atoms with Gasteiger partial charge in [-0.05, 0) is 30.3 Å². The van der Waals surface area contributed by atoms with E-state index in [1.54, 1.807) is 18.2 Å². The van der Waals surface area contributed by atoms with Crippen LogP contribution in [0.5, 0.6) is 0 Å². The molecule has 4 nitrogen and oxygen atoms in total. The molecule has 2 heterocycles. The molecule has 22 heavy (non-hydrogen) atoms. The predicted octanol–water partition coefficient (Wildman–Crippen LogP) is 5.19. The van der Waals surface area contributed by atoms with Gasteiger partial charge in [0.05, 0.1) is 10.0 Å². The Morgan fingerprint density at radius 1 is 0.864 bits per heavy atom. The molecule has 0 amide bonds. The first kappa shape index (κ1) is 13.4. The summed E-state index contributed by atoms with van der Waals surface area (Å²) < 4.78 is 5.72. The molecule has 2 aromatic carbocycles. The number of halogens is 2. The number of rotatable bonds is 2. The molecule has 6 heteroatoms. The molecule has 0 atom stereocenters. The number of para-hydroxylation sites is 1. The minimum absolute atomic E-state index is 0.396. The molecule has 0 saturated heterocycles. The zero-order valence-corrected chi connectivity index (χ0v) is 12.7. The van der Waals surface area contributed by atoms with Crippen molar-refractivity contribution < 1.29 is 4.42 Å². The van der Waals surface area contributed by atoms with Crippen LogP contribution in [0.2, 0.25) is 10.0 Å². The lowest BCUT2D eigenvalue weighted by Crippen LogP contribution is -1.78. The Bertz CT molecular complexity index is 941. The molecule has 0 radical (unpaired) electrons. The van der Waals surface area contributed by atoms with Crippen molar-refractivity contribution in [3.05, 3.63) is 58.6 Å². The van der Waals surface area contributed by atoms with Crippen molar-refractivity contribution in [3.8, 4) is 23.0 Å². The molecule has 0 aliphatic heterocycles. The van der Waals surface area contributed by atoms with E-state index in [1.807, 2.05) is 30.3 Å². The van der Waals surface area contributed by atoms with E-state index in [4.69, 9.17) is 27.6 Å². The Kier molecular flexibility index (Phi) is 3.13. The maximum Gasteiger partial charge on any atom is 0.264 e. The van der Waals surface area contributed by atoms with E-state index in [2.05, 4.69) is 15.2 Å². The van der Waals surface area contributed by atoms with Crippen LogP contribution < -0.4 is 0 Å². The fourth-order valence-corrected chi connectivity index (χ4v) is 2.56. The molecule has 0 unspecified atom stereocenters. The van der Waals surface area contributed by atoms with Crippen molar-refractivity contribution in [2.45, 2.75) is 0 Å². The average molecular weight is 330 g/mol. The van der Waals surface area contributed by atoms with Crippen LogP contribution in [0.1, 0.15) is 0 Å². The Balaban J connectivity index is 1.75. The van der Waals surface area contributed by atoms with Gasteiger partial charge in [0.1, 0.15) is 5.69 Å². The fourth-order valence-electron chi connectivity index (χ4n) is 2.27. The van der Waals surface area contributed by atoms with E-state index in [0.29, 0.717) is 21.8 Å². The molecular formula is C16H9Cl2N3O. The van der Waals surface area contributed by atoms with Gasteiger partial charge in [0.25, 0.3) is 5.89 Å². The van der Waals surface area contributed by atoms with Crippen molar-refractivity contribution in [3.63, 3.8) is 0 Å². The molecule has 4 rings (SSSR count). The minimum Gasteiger partial charge on any atom is -0.415 e. The highest BCUT2D eigenvalue weighted by Crippen LogP contribution is 2.30. The van der Waals surface area contributed by atoms with E-state index in [0.717, 1.165) is 22.2 Å². The van der Waals surface area contributed by atoms with E-state index >= 15 is 0 Å². The second-order valence-electron chi connectivity index (χ2n) is 4.81. The molecule has 2 aromatic heterocycles. The number of nitrogens with zero attached hydrogens (tertiary/aromatic N) is 2. The lowest BCUT2D eigenvalue weighted by molar-refractivity contribution is 0.583. The molecule has 0 aliphatic rings. The summed E-state index contributed by atoms with van der Waals surface area (Å²) in [6, 6.07) is 15.1. The van der Waals surface area contributed by atoms with Crippen LogP contribution >= 0.6 is 23.2 Å². The molecule has 0 fully saturated rings. The normalized spacial score (nSPS) is 11.2. The maximum absolute atomic E-state index is 6.01. The van der Waals surface area contributed by atoms with Crippen molar-refractivity contribution in [2.75, 3.05) is 0 Å². The third-order valence-electron chi connectivity index (χ3n) is 3.35. The maximum atomic E-state index is 6.01. The van der Waals surface area contributed by atoms with E-state index in [1.165, 1.54) is 0 Å². The molecule has 0 aliphatic carbocycles. The number of aromatic nitrogens is 3. The monoisotopic (exact) mass is 329 g/mol. The van der Waals surface area contributed by atoms with Gasteiger partial charge < -0.3 is 9.40 Å². The summed E-state index contributed by atoms with van der Waals surface area (Å²) in [5, 5.41) is 10.2. The van der Waals surface area contributed by atoms with Crippen LogP contribution in [0, 0.1) is 0 Å². The van der Waals surface area contributed by atoms with Crippen LogP contribution in [-0.2, 0) is 0 Å². The summed E-state index contributed by atoms with van der Waals surface area (Å²) in [4.78, 5) is 3.25. The number of benzene rings is 2. The van der Waals surface area contributed by atoms with Crippen molar-refractivity contribution in [2.24, 2.45) is 0 Å². The Labute approximate surface area is 135 Å². The number of aromatic amines is 1. The molecule has 0 bridgehead atoms. The largest absolute Gasteiger partial charge is 0.415 e. The molecule has 108 valence electrons. The van der Waals surface area contributed by atoms with E-state index < -0.39 is 0 Å².